The Morgan fingerprint density at radius 1 is 0.853 bits per heavy atom. The van der Waals surface area contributed by atoms with Crippen molar-refractivity contribution in [3.63, 3.8) is 0 Å². The zero-order valence-electron chi connectivity index (χ0n) is 19.3. The summed E-state index contributed by atoms with van der Waals surface area (Å²) in [6.07, 6.45) is 1.21. The van der Waals surface area contributed by atoms with Crippen LogP contribution in [0.1, 0.15) is 36.2 Å². The van der Waals surface area contributed by atoms with E-state index < -0.39 is 0 Å². The quantitative estimate of drug-likeness (QED) is 0.360. The number of amides is 2. The Morgan fingerprint density at radius 2 is 1.47 bits per heavy atom. The van der Waals surface area contributed by atoms with Gasteiger partial charge in [-0.05, 0) is 60.1 Å². The summed E-state index contributed by atoms with van der Waals surface area (Å²) in [5.74, 6) is 0.412. The van der Waals surface area contributed by atoms with Gasteiger partial charge in [0.15, 0.2) is 5.11 Å². The Morgan fingerprint density at radius 3 is 2.15 bits per heavy atom. The maximum absolute atomic E-state index is 12.8. The van der Waals surface area contributed by atoms with Crippen LogP contribution in [0.4, 0.5) is 11.4 Å². The van der Waals surface area contributed by atoms with Crippen LogP contribution in [0.5, 0.6) is 5.75 Å². The number of nitrogens with one attached hydrogen (secondary N) is 3. The molecular weight excluding hydrogens is 446 g/mol. The minimum Gasteiger partial charge on any atom is -0.492 e. The van der Waals surface area contributed by atoms with Gasteiger partial charge < -0.3 is 15.4 Å². The molecule has 7 heteroatoms. The summed E-state index contributed by atoms with van der Waals surface area (Å²) in [4.78, 5) is 24.7. The molecule has 0 aliphatic rings. The largest absolute Gasteiger partial charge is 0.492 e. The summed E-state index contributed by atoms with van der Waals surface area (Å²) in [5, 5.41) is 8.70. The Hall–Kier alpha value is -3.71. The number of hydrogen-bond donors (Lipinski definition) is 3. The van der Waals surface area contributed by atoms with E-state index in [1.165, 1.54) is 5.56 Å². The third kappa shape index (κ3) is 8.01. The molecule has 3 rings (SSSR count). The van der Waals surface area contributed by atoms with E-state index in [1.807, 2.05) is 50.2 Å². The zero-order valence-corrected chi connectivity index (χ0v) is 20.2. The van der Waals surface area contributed by atoms with Crippen molar-refractivity contribution < 1.29 is 14.3 Å². The van der Waals surface area contributed by atoms with E-state index in [-0.39, 0.29) is 16.9 Å². The van der Waals surface area contributed by atoms with Crippen molar-refractivity contribution in [1.82, 2.24) is 5.32 Å². The molecule has 0 radical (unpaired) electrons. The van der Waals surface area contributed by atoms with E-state index in [2.05, 4.69) is 16.0 Å². The molecule has 0 aliphatic heterocycles. The van der Waals surface area contributed by atoms with Gasteiger partial charge in [-0.25, -0.2) is 0 Å². The Bertz CT molecular complexity index is 1120. The van der Waals surface area contributed by atoms with Crippen molar-refractivity contribution in [2.24, 2.45) is 5.92 Å². The van der Waals surface area contributed by atoms with Crippen molar-refractivity contribution in [1.29, 1.82) is 0 Å². The second kappa shape index (κ2) is 12.5. The maximum Gasteiger partial charge on any atom is 0.261 e. The highest BCUT2D eigenvalue weighted by molar-refractivity contribution is 7.80. The number of rotatable bonds is 9. The molecule has 0 saturated carbocycles. The molecular formula is C27H29N3O3S. The summed E-state index contributed by atoms with van der Waals surface area (Å²) in [7, 11) is 0. The molecule has 0 aromatic heterocycles. The Kier molecular flexibility index (Phi) is 9.17. The molecule has 176 valence electrons. The van der Waals surface area contributed by atoms with Crippen LogP contribution in [-0.4, -0.2) is 23.5 Å². The molecule has 3 aromatic rings. The van der Waals surface area contributed by atoms with Gasteiger partial charge >= 0.3 is 0 Å². The lowest BCUT2D eigenvalue weighted by atomic mass is 10.1. The van der Waals surface area contributed by atoms with Crippen molar-refractivity contribution >= 4 is 40.5 Å². The van der Waals surface area contributed by atoms with Gasteiger partial charge in [-0.15, -0.1) is 0 Å². The first-order chi connectivity index (χ1) is 16.4. The van der Waals surface area contributed by atoms with Crippen molar-refractivity contribution in [2.75, 3.05) is 17.2 Å². The number of anilines is 2. The number of ether oxygens (including phenoxy) is 1. The third-order valence-corrected chi connectivity index (χ3v) is 5.07. The van der Waals surface area contributed by atoms with Gasteiger partial charge in [0.05, 0.1) is 12.2 Å². The molecule has 0 atom stereocenters. The van der Waals surface area contributed by atoms with E-state index in [0.717, 1.165) is 6.42 Å². The smallest absolute Gasteiger partial charge is 0.261 e. The lowest BCUT2D eigenvalue weighted by molar-refractivity contribution is -0.116. The van der Waals surface area contributed by atoms with E-state index in [4.69, 9.17) is 17.0 Å². The topological polar surface area (TPSA) is 79.5 Å². The first kappa shape index (κ1) is 24.9. The minimum atomic E-state index is -0.356. The standard InChI is InChI=1S/C27H29N3O3S/c1-19(2)18-25(31)28-21-12-14-22(15-13-21)29-27(34)30-26(32)23-10-6-7-11-24(23)33-17-16-20-8-4-3-5-9-20/h3-15,19H,16-18H2,1-2H3,(H,28,31)(H2,29,30,32,34). The minimum absolute atomic E-state index is 0.0249. The number of benzene rings is 3. The van der Waals surface area contributed by atoms with Crippen molar-refractivity contribution in [3.8, 4) is 5.75 Å². The van der Waals surface area contributed by atoms with Gasteiger partial charge in [0, 0.05) is 24.2 Å². The predicted molar refractivity (Wildman–Crippen MR) is 140 cm³/mol. The van der Waals surface area contributed by atoms with Gasteiger partial charge in [-0.1, -0.05) is 56.3 Å². The summed E-state index contributed by atoms with van der Waals surface area (Å²) in [5.41, 5.74) is 2.97. The molecule has 0 fully saturated rings. The van der Waals surface area contributed by atoms with Crippen molar-refractivity contribution in [2.45, 2.75) is 26.7 Å². The van der Waals surface area contributed by atoms with Crippen LogP contribution in [0.15, 0.2) is 78.9 Å². The number of para-hydroxylation sites is 1. The average molecular weight is 476 g/mol. The molecule has 0 unspecified atom stereocenters. The van der Waals surface area contributed by atoms with Crippen LogP contribution in [0.25, 0.3) is 0 Å². The molecule has 34 heavy (non-hydrogen) atoms. The highest BCUT2D eigenvalue weighted by Crippen LogP contribution is 2.19. The highest BCUT2D eigenvalue weighted by Gasteiger charge is 2.14. The van der Waals surface area contributed by atoms with Crippen LogP contribution in [0.3, 0.4) is 0 Å². The summed E-state index contributed by atoms with van der Waals surface area (Å²) in [6.45, 7) is 4.45. The third-order valence-electron chi connectivity index (χ3n) is 4.87. The molecule has 3 N–H and O–H groups in total. The van der Waals surface area contributed by atoms with E-state index in [0.29, 0.717) is 41.6 Å². The second-order valence-electron chi connectivity index (χ2n) is 8.21. The van der Waals surface area contributed by atoms with E-state index >= 15 is 0 Å². The zero-order chi connectivity index (χ0) is 24.3. The molecule has 0 spiro atoms. The molecule has 6 nitrogen and oxygen atoms in total. The van der Waals surface area contributed by atoms with Gasteiger partial charge in [0.1, 0.15) is 5.75 Å². The number of hydrogen-bond acceptors (Lipinski definition) is 4. The summed E-state index contributed by atoms with van der Waals surface area (Å²) < 4.78 is 5.87. The molecule has 0 saturated heterocycles. The van der Waals surface area contributed by atoms with Crippen LogP contribution in [-0.2, 0) is 11.2 Å². The van der Waals surface area contributed by atoms with Gasteiger partial charge in [-0.2, -0.15) is 0 Å². The first-order valence-corrected chi connectivity index (χ1v) is 11.6. The van der Waals surface area contributed by atoms with Gasteiger partial charge in [-0.3, -0.25) is 14.9 Å². The molecule has 0 heterocycles. The van der Waals surface area contributed by atoms with Crippen LogP contribution >= 0.6 is 12.2 Å². The van der Waals surface area contributed by atoms with Crippen LogP contribution in [0, 0.1) is 5.92 Å². The SMILES string of the molecule is CC(C)CC(=O)Nc1ccc(NC(=S)NC(=O)c2ccccc2OCCc2ccccc2)cc1. The fraction of sp³-hybridized carbons (Fsp3) is 0.222. The van der Waals surface area contributed by atoms with Crippen LogP contribution in [0.2, 0.25) is 0 Å². The van der Waals surface area contributed by atoms with Gasteiger partial charge in [0.2, 0.25) is 5.91 Å². The van der Waals surface area contributed by atoms with E-state index in [1.54, 1.807) is 42.5 Å². The summed E-state index contributed by atoms with van der Waals surface area (Å²) >= 11 is 5.30. The Labute approximate surface area is 205 Å². The monoisotopic (exact) mass is 475 g/mol. The van der Waals surface area contributed by atoms with Gasteiger partial charge in [0.25, 0.3) is 5.91 Å². The van der Waals surface area contributed by atoms with E-state index in [9.17, 15) is 9.59 Å². The highest BCUT2D eigenvalue weighted by atomic mass is 32.1. The Balaban J connectivity index is 1.52. The normalized spacial score (nSPS) is 10.4. The molecule has 0 bridgehead atoms. The maximum atomic E-state index is 12.8. The lowest BCUT2D eigenvalue weighted by Crippen LogP contribution is -2.34. The molecule has 3 aromatic carbocycles. The lowest BCUT2D eigenvalue weighted by Gasteiger charge is -2.13. The van der Waals surface area contributed by atoms with Crippen LogP contribution < -0.4 is 20.7 Å². The predicted octanol–water partition coefficient (Wildman–Crippen LogP) is 5.42. The second-order valence-corrected chi connectivity index (χ2v) is 8.62. The molecule has 0 aliphatic carbocycles. The fourth-order valence-corrected chi connectivity index (χ4v) is 3.47. The fourth-order valence-electron chi connectivity index (χ4n) is 3.26. The number of thiocarbonyl (C=S) groups is 1. The van der Waals surface area contributed by atoms with Crippen molar-refractivity contribution in [3.05, 3.63) is 90.0 Å². The molecule has 2 amide bonds. The average Bonchev–Trinajstić information content (AvgIpc) is 2.81. The first-order valence-electron chi connectivity index (χ1n) is 11.2. The number of carbonyl (C=O) groups is 2. The summed E-state index contributed by atoms with van der Waals surface area (Å²) in [6, 6.07) is 24.2. The number of carbonyl (C=O) groups excluding carboxylic acids is 2.